The number of hydrogen-bond donors (Lipinski definition) is 2. The van der Waals surface area contributed by atoms with Crippen LogP contribution in [0.5, 0.6) is 5.75 Å². The minimum absolute atomic E-state index is 0.260. The highest BCUT2D eigenvalue weighted by Crippen LogP contribution is 2.19. The Morgan fingerprint density at radius 3 is 2.82 bits per heavy atom. The van der Waals surface area contributed by atoms with E-state index in [1.807, 2.05) is 6.92 Å². The summed E-state index contributed by atoms with van der Waals surface area (Å²) in [5.41, 5.74) is 0.567. The summed E-state index contributed by atoms with van der Waals surface area (Å²) >= 11 is 0. The van der Waals surface area contributed by atoms with E-state index in [4.69, 9.17) is 9.47 Å². The molecular formula is C12H18FNO3. The molecule has 0 amide bonds. The molecule has 17 heavy (non-hydrogen) atoms. The van der Waals surface area contributed by atoms with Crippen molar-refractivity contribution in [1.82, 2.24) is 0 Å². The van der Waals surface area contributed by atoms with Crippen LogP contribution in [-0.2, 0) is 4.74 Å². The van der Waals surface area contributed by atoms with Crippen molar-refractivity contribution < 1.29 is 19.0 Å². The average Bonchev–Trinajstić information content (AvgIpc) is 2.33. The lowest BCUT2D eigenvalue weighted by Crippen LogP contribution is -2.24. The summed E-state index contributed by atoms with van der Waals surface area (Å²) in [5.74, 6) is 0.0537. The summed E-state index contributed by atoms with van der Waals surface area (Å²) in [6.45, 7) is 2.98. The van der Waals surface area contributed by atoms with Crippen molar-refractivity contribution in [2.75, 3.05) is 32.2 Å². The highest BCUT2D eigenvalue weighted by molar-refractivity contribution is 5.48. The molecule has 4 nitrogen and oxygen atoms in total. The summed E-state index contributed by atoms with van der Waals surface area (Å²) in [4.78, 5) is 0. The normalized spacial score (nSPS) is 12.2. The van der Waals surface area contributed by atoms with Gasteiger partial charge in [0, 0.05) is 31.0 Å². The van der Waals surface area contributed by atoms with Gasteiger partial charge in [-0.05, 0) is 13.0 Å². The van der Waals surface area contributed by atoms with E-state index in [1.165, 1.54) is 19.2 Å². The first-order valence-corrected chi connectivity index (χ1v) is 5.50. The van der Waals surface area contributed by atoms with Crippen molar-refractivity contribution in [2.45, 2.75) is 13.0 Å². The molecule has 96 valence electrons. The molecule has 0 spiro atoms. The van der Waals surface area contributed by atoms with Crippen LogP contribution >= 0.6 is 0 Å². The highest BCUT2D eigenvalue weighted by Gasteiger charge is 2.05. The molecule has 0 aliphatic rings. The summed E-state index contributed by atoms with van der Waals surface area (Å²) < 4.78 is 23.1. The zero-order chi connectivity index (χ0) is 12.7. The Morgan fingerprint density at radius 1 is 1.41 bits per heavy atom. The van der Waals surface area contributed by atoms with E-state index in [-0.39, 0.29) is 12.4 Å². The molecule has 1 rings (SSSR count). The van der Waals surface area contributed by atoms with Crippen LogP contribution in [0.4, 0.5) is 10.1 Å². The average molecular weight is 243 g/mol. The molecule has 0 saturated heterocycles. The van der Waals surface area contributed by atoms with Gasteiger partial charge in [0.15, 0.2) is 0 Å². The monoisotopic (exact) mass is 243 g/mol. The van der Waals surface area contributed by atoms with Crippen LogP contribution in [0.25, 0.3) is 0 Å². The van der Waals surface area contributed by atoms with E-state index in [0.29, 0.717) is 24.6 Å². The van der Waals surface area contributed by atoms with Gasteiger partial charge in [-0.2, -0.15) is 0 Å². The first kappa shape index (κ1) is 13.7. The topological polar surface area (TPSA) is 50.7 Å². The molecule has 0 saturated carbocycles. The number of aliphatic hydroxyl groups is 1. The summed E-state index contributed by atoms with van der Waals surface area (Å²) in [6, 6.07) is 4.30. The number of nitrogens with one attached hydrogen (secondary N) is 1. The van der Waals surface area contributed by atoms with Crippen LogP contribution in [0, 0.1) is 5.82 Å². The van der Waals surface area contributed by atoms with E-state index in [1.54, 1.807) is 6.07 Å². The van der Waals surface area contributed by atoms with Crippen LogP contribution in [0.2, 0.25) is 0 Å². The second kappa shape index (κ2) is 7.09. The fraction of sp³-hybridized carbons (Fsp3) is 0.500. The fourth-order valence-corrected chi connectivity index (χ4v) is 1.33. The number of benzene rings is 1. The zero-order valence-electron chi connectivity index (χ0n) is 10.1. The maximum absolute atomic E-state index is 13.1. The first-order chi connectivity index (χ1) is 8.15. The number of methoxy groups -OCH3 is 1. The van der Waals surface area contributed by atoms with Crippen molar-refractivity contribution in [3.8, 4) is 5.75 Å². The third-order valence-electron chi connectivity index (χ3n) is 2.16. The van der Waals surface area contributed by atoms with Gasteiger partial charge in [-0.3, -0.25) is 0 Å². The van der Waals surface area contributed by atoms with Gasteiger partial charge in [0.05, 0.1) is 19.8 Å². The molecule has 0 radical (unpaired) electrons. The smallest absolute Gasteiger partial charge is 0.128 e. The number of ether oxygens (including phenoxy) is 2. The maximum atomic E-state index is 13.1. The molecule has 0 aliphatic heterocycles. The Morgan fingerprint density at radius 2 is 2.18 bits per heavy atom. The Balaban J connectivity index is 2.48. The van der Waals surface area contributed by atoms with E-state index in [9.17, 15) is 9.50 Å². The Kier molecular flexibility index (Phi) is 5.72. The van der Waals surface area contributed by atoms with Crippen molar-refractivity contribution in [3.63, 3.8) is 0 Å². The molecule has 0 bridgehead atoms. The lowest BCUT2D eigenvalue weighted by Gasteiger charge is -2.13. The lowest BCUT2D eigenvalue weighted by molar-refractivity contribution is 0.0496. The lowest BCUT2D eigenvalue weighted by atomic mass is 10.2. The van der Waals surface area contributed by atoms with E-state index < -0.39 is 6.10 Å². The van der Waals surface area contributed by atoms with Crippen LogP contribution in [0.3, 0.4) is 0 Å². The molecule has 1 unspecified atom stereocenters. The van der Waals surface area contributed by atoms with Crippen LogP contribution in [-0.4, -0.2) is 38.1 Å². The van der Waals surface area contributed by atoms with Gasteiger partial charge in [0.25, 0.3) is 0 Å². The molecule has 0 aromatic heterocycles. The maximum Gasteiger partial charge on any atom is 0.128 e. The van der Waals surface area contributed by atoms with Crippen LogP contribution in [0.1, 0.15) is 6.92 Å². The van der Waals surface area contributed by atoms with E-state index >= 15 is 0 Å². The van der Waals surface area contributed by atoms with E-state index in [2.05, 4.69) is 5.32 Å². The van der Waals surface area contributed by atoms with Crippen LogP contribution < -0.4 is 10.1 Å². The third kappa shape index (κ3) is 5.01. The second-order valence-electron chi connectivity index (χ2n) is 3.57. The van der Waals surface area contributed by atoms with E-state index in [0.717, 1.165) is 0 Å². The SMILES string of the molecule is CCOCC(O)CNc1cc(F)cc(OC)c1. The molecule has 0 fully saturated rings. The summed E-state index contributed by atoms with van der Waals surface area (Å²) in [6.07, 6.45) is -0.621. The Hall–Kier alpha value is -1.33. The predicted molar refractivity (Wildman–Crippen MR) is 63.9 cm³/mol. The first-order valence-electron chi connectivity index (χ1n) is 5.50. The highest BCUT2D eigenvalue weighted by atomic mass is 19.1. The molecular weight excluding hydrogens is 225 g/mol. The van der Waals surface area contributed by atoms with Gasteiger partial charge in [0.1, 0.15) is 11.6 Å². The minimum atomic E-state index is -0.621. The number of rotatable bonds is 7. The molecule has 5 heteroatoms. The zero-order valence-corrected chi connectivity index (χ0v) is 10.1. The van der Waals surface area contributed by atoms with Gasteiger partial charge in [-0.15, -0.1) is 0 Å². The van der Waals surface area contributed by atoms with Gasteiger partial charge in [-0.1, -0.05) is 0 Å². The number of aliphatic hydroxyl groups excluding tert-OH is 1. The Bertz CT molecular complexity index is 347. The van der Waals surface area contributed by atoms with Crippen LogP contribution in [0.15, 0.2) is 18.2 Å². The van der Waals surface area contributed by atoms with Gasteiger partial charge in [0.2, 0.25) is 0 Å². The molecule has 2 N–H and O–H groups in total. The summed E-state index contributed by atoms with van der Waals surface area (Å²) in [7, 11) is 1.47. The fourth-order valence-electron chi connectivity index (χ4n) is 1.33. The molecule has 0 aliphatic carbocycles. The van der Waals surface area contributed by atoms with Crippen molar-refractivity contribution in [3.05, 3.63) is 24.0 Å². The van der Waals surface area contributed by atoms with Gasteiger partial charge in [-0.25, -0.2) is 4.39 Å². The largest absolute Gasteiger partial charge is 0.497 e. The number of hydrogen-bond acceptors (Lipinski definition) is 4. The Labute approximate surface area is 100 Å². The second-order valence-corrected chi connectivity index (χ2v) is 3.57. The number of halogens is 1. The van der Waals surface area contributed by atoms with Crippen molar-refractivity contribution in [2.24, 2.45) is 0 Å². The standard InChI is InChI=1S/C12H18FNO3/c1-3-17-8-11(15)7-14-10-4-9(13)5-12(6-10)16-2/h4-6,11,14-15H,3,7-8H2,1-2H3. The van der Waals surface area contributed by atoms with Crippen molar-refractivity contribution in [1.29, 1.82) is 0 Å². The molecule has 1 aromatic carbocycles. The third-order valence-corrected chi connectivity index (χ3v) is 2.16. The number of anilines is 1. The van der Waals surface area contributed by atoms with Crippen molar-refractivity contribution >= 4 is 5.69 Å². The van der Waals surface area contributed by atoms with Gasteiger partial charge < -0.3 is 19.9 Å². The molecule has 1 atom stereocenters. The predicted octanol–water partition coefficient (Wildman–Crippen LogP) is 1.64. The van der Waals surface area contributed by atoms with Gasteiger partial charge >= 0.3 is 0 Å². The quantitative estimate of drug-likeness (QED) is 0.764. The molecule has 0 heterocycles. The summed E-state index contributed by atoms with van der Waals surface area (Å²) in [5, 5.41) is 12.4. The molecule has 1 aromatic rings. The minimum Gasteiger partial charge on any atom is -0.497 e.